The molecule has 0 aliphatic heterocycles. The summed E-state index contributed by atoms with van der Waals surface area (Å²) in [7, 11) is 0. The van der Waals surface area contributed by atoms with Crippen molar-refractivity contribution in [3.8, 4) is 0 Å². The molecule has 1 atom stereocenters. The first-order valence-electron chi connectivity index (χ1n) is 6.42. The van der Waals surface area contributed by atoms with E-state index in [2.05, 4.69) is 15.0 Å². The minimum Gasteiger partial charge on any atom is -0.393 e. The van der Waals surface area contributed by atoms with E-state index in [9.17, 15) is 9.50 Å². The highest BCUT2D eigenvalue weighted by Gasteiger charge is 2.10. The lowest BCUT2D eigenvalue weighted by Crippen LogP contribution is -2.15. The zero-order chi connectivity index (χ0) is 14.1. The van der Waals surface area contributed by atoms with Crippen LogP contribution in [0.5, 0.6) is 0 Å². The van der Waals surface area contributed by atoms with Gasteiger partial charge in [-0.05, 0) is 18.8 Å². The second-order valence-corrected chi connectivity index (χ2v) is 4.66. The fourth-order valence-corrected chi connectivity index (χ4v) is 1.50. The zero-order valence-electron chi connectivity index (χ0n) is 11.5. The molecular weight excluding hydrogens is 252 g/mol. The van der Waals surface area contributed by atoms with Crippen molar-refractivity contribution in [2.24, 2.45) is 5.92 Å². The number of aryl methyl sites for hydroxylation is 1. The minimum absolute atomic E-state index is 0.0569. The molecule has 0 bridgehead atoms. The Kier molecular flexibility index (Phi) is 7.54. The van der Waals surface area contributed by atoms with Gasteiger partial charge in [0.25, 0.3) is 0 Å². The molecule has 1 rings (SSSR count). The normalized spacial score (nSPS) is 13.1. The maximum absolute atomic E-state index is 11.6. The first-order chi connectivity index (χ1) is 9.13. The fourth-order valence-electron chi connectivity index (χ4n) is 1.50. The van der Waals surface area contributed by atoms with Crippen LogP contribution >= 0.6 is 0 Å². The first kappa shape index (κ1) is 16.0. The molecule has 7 heteroatoms. The number of aliphatic hydroxyl groups excluding tert-OH is 1. The number of hydrogen-bond acceptors (Lipinski definition) is 5. The van der Waals surface area contributed by atoms with Gasteiger partial charge in [0.1, 0.15) is 6.79 Å². The van der Waals surface area contributed by atoms with E-state index < -0.39 is 6.86 Å². The number of rotatable bonds is 10. The fraction of sp³-hybridized carbons (Fsp3) is 0.833. The molecule has 1 aromatic rings. The van der Waals surface area contributed by atoms with Gasteiger partial charge >= 0.3 is 0 Å². The Labute approximate surface area is 112 Å². The smallest absolute Gasteiger partial charge is 0.191 e. The summed E-state index contributed by atoms with van der Waals surface area (Å²) in [5.74, 6) is 0.249. The zero-order valence-corrected chi connectivity index (χ0v) is 11.5. The average molecular weight is 274 g/mol. The Bertz CT molecular complexity index is 347. The van der Waals surface area contributed by atoms with E-state index in [-0.39, 0.29) is 18.8 Å². The standard InChI is InChI=1S/C12H22FN3O3/c1-10(2)12(17)4-3-11-7-16(15-14-11)5-6-18-9-19-8-13/h7,10,12,17H,3-6,8-9H2,1-2H3/i13-1. The molecule has 6 nitrogen and oxygen atoms in total. The molecule has 1 N–H and O–H groups in total. The molecule has 1 heterocycles. The summed E-state index contributed by atoms with van der Waals surface area (Å²) in [6, 6.07) is 0. The van der Waals surface area contributed by atoms with Crippen LogP contribution in [0.1, 0.15) is 26.0 Å². The maximum atomic E-state index is 11.6. The van der Waals surface area contributed by atoms with Gasteiger partial charge in [0.2, 0.25) is 0 Å². The van der Waals surface area contributed by atoms with Crippen molar-refractivity contribution in [3.05, 3.63) is 11.9 Å². The number of hydrogen-bond donors (Lipinski definition) is 1. The largest absolute Gasteiger partial charge is 0.393 e. The van der Waals surface area contributed by atoms with Gasteiger partial charge < -0.3 is 14.6 Å². The summed E-state index contributed by atoms with van der Waals surface area (Å²) in [5, 5.41) is 17.7. The number of alkyl halides is 1. The van der Waals surface area contributed by atoms with E-state index in [1.165, 1.54) is 0 Å². The second kappa shape index (κ2) is 8.95. The number of ether oxygens (including phenoxy) is 2. The van der Waals surface area contributed by atoms with Gasteiger partial charge in [0.15, 0.2) is 6.86 Å². The molecule has 1 aromatic heterocycles. The maximum Gasteiger partial charge on any atom is 0.191 e. The highest BCUT2D eigenvalue weighted by molar-refractivity contribution is 4.93. The molecule has 19 heavy (non-hydrogen) atoms. The monoisotopic (exact) mass is 274 g/mol. The molecule has 0 radical (unpaired) electrons. The molecule has 0 aliphatic rings. The topological polar surface area (TPSA) is 69.4 Å². The van der Waals surface area contributed by atoms with E-state index in [0.29, 0.717) is 26.0 Å². The van der Waals surface area contributed by atoms with Crippen LogP contribution in [0, 0.1) is 5.92 Å². The van der Waals surface area contributed by atoms with Crippen molar-refractivity contribution in [3.63, 3.8) is 0 Å². The van der Waals surface area contributed by atoms with Crippen LogP contribution in [-0.4, -0.2) is 46.5 Å². The van der Waals surface area contributed by atoms with Crippen LogP contribution in [-0.2, 0) is 22.4 Å². The van der Waals surface area contributed by atoms with Gasteiger partial charge in [0, 0.05) is 6.20 Å². The third-order valence-corrected chi connectivity index (χ3v) is 2.76. The Morgan fingerprint density at radius 1 is 1.42 bits per heavy atom. The lowest BCUT2D eigenvalue weighted by Gasteiger charge is -2.12. The molecule has 110 valence electrons. The summed E-state index contributed by atoms with van der Waals surface area (Å²) in [6.07, 6.45) is 2.89. The Morgan fingerprint density at radius 3 is 2.89 bits per heavy atom. The SMILES string of the molecule is CC(C)C(O)CCc1cn(CCOCOC[18F])nn1. The average Bonchev–Trinajstić information content (AvgIpc) is 2.83. The van der Waals surface area contributed by atoms with Gasteiger partial charge in [-0.3, -0.25) is 0 Å². The Hall–Kier alpha value is -1.05. The molecule has 0 saturated heterocycles. The van der Waals surface area contributed by atoms with Gasteiger partial charge in [0.05, 0.1) is 24.9 Å². The third kappa shape index (κ3) is 6.60. The van der Waals surface area contributed by atoms with Crippen LogP contribution < -0.4 is 0 Å². The molecular formula is C12H22FN3O3. The van der Waals surface area contributed by atoms with Gasteiger partial charge in [-0.2, -0.15) is 0 Å². The van der Waals surface area contributed by atoms with Crippen molar-refractivity contribution >= 4 is 0 Å². The number of halogens is 1. The van der Waals surface area contributed by atoms with Crippen LogP contribution in [0.2, 0.25) is 0 Å². The summed E-state index contributed by atoms with van der Waals surface area (Å²) < 4.78 is 22.7. The van der Waals surface area contributed by atoms with Crippen molar-refractivity contribution < 1.29 is 19.0 Å². The van der Waals surface area contributed by atoms with Crippen LogP contribution in [0.3, 0.4) is 0 Å². The third-order valence-electron chi connectivity index (χ3n) is 2.76. The Morgan fingerprint density at radius 2 is 2.21 bits per heavy atom. The van der Waals surface area contributed by atoms with E-state index in [1.807, 2.05) is 20.0 Å². The predicted molar refractivity (Wildman–Crippen MR) is 67.1 cm³/mol. The highest BCUT2D eigenvalue weighted by Crippen LogP contribution is 2.09. The van der Waals surface area contributed by atoms with Gasteiger partial charge in [-0.25, -0.2) is 9.07 Å². The van der Waals surface area contributed by atoms with Gasteiger partial charge in [-0.1, -0.05) is 19.1 Å². The summed E-state index contributed by atoms with van der Waals surface area (Å²) in [5.41, 5.74) is 0.847. The van der Waals surface area contributed by atoms with Crippen molar-refractivity contribution in [2.45, 2.75) is 39.3 Å². The van der Waals surface area contributed by atoms with E-state index in [0.717, 1.165) is 5.69 Å². The second-order valence-electron chi connectivity index (χ2n) is 4.66. The van der Waals surface area contributed by atoms with E-state index in [4.69, 9.17) is 4.74 Å². The number of nitrogens with zero attached hydrogens (tertiary/aromatic N) is 3. The van der Waals surface area contributed by atoms with Gasteiger partial charge in [-0.15, -0.1) is 5.10 Å². The molecule has 1 unspecified atom stereocenters. The van der Waals surface area contributed by atoms with Crippen molar-refractivity contribution in [1.82, 2.24) is 15.0 Å². The highest BCUT2D eigenvalue weighted by atomic mass is 18.2. The summed E-state index contributed by atoms with van der Waals surface area (Å²) >= 11 is 0. The first-order valence-corrected chi connectivity index (χ1v) is 6.42. The molecule has 0 aliphatic carbocycles. The molecule has 0 amide bonds. The van der Waals surface area contributed by atoms with E-state index in [1.54, 1.807) is 4.68 Å². The van der Waals surface area contributed by atoms with Crippen LogP contribution in [0.25, 0.3) is 0 Å². The van der Waals surface area contributed by atoms with Crippen molar-refractivity contribution in [1.29, 1.82) is 0 Å². The molecule has 0 fully saturated rings. The number of aromatic nitrogens is 3. The predicted octanol–water partition coefficient (Wildman–Crippen LogP) is 1.15. The minimum atomic E-state index is -0.842. The van der Waals surface area contributed by atoms with Crippen molar-refractivity contribution in [2.75, 3.05) is 20.3 Å². The number of aliphatic hydroxyl groups is 1. The van der Waals surface area contributed by atoms with E-state index >= 15 is 0 Å². The summed E-state index contributed by atoms with van der Waals surface area (Å²) in [4.78, 5) is 0. The van der Waals surface area contributed by atoms with Crippen LogP contribution in [0.15, 0.2) is 6.20 Å². The molecule has 0 aromatic carbocycles. The molecule has 0 spiro atoms. The Balaban J connectivity index is 2.21. The summed E-state index contributed by atoms with van der Waals surface area (Å²) in [6.45, 7) is 3.99. The lowest BCUT2D eigenvalue weighted by atomic mass is 10.0. The quantitative estimate of drug-likeness (QED) is 0.512. The molecule has 0 saturated carbocycles. The van der Waals surface area contributed by atoms with Crippen LogP contribution in [0.4, 0.5) is 4.39 Å². The lowest BCUT2D eigenvalue weighted by molar-refractivity contribution is -0.0843.